The summed E-state index contributed by atoms with van der Waals surface area (Å²) in [6.45, 7) is 4.92. The van der Waals surface area contributed by atoms with Crippen molar-refractivity contribution in [1.82, 2.24) is 0 Å². The molecule has 0 atom stereocenters. The van der Waals surface area contributed by atoms with Crippen molar-refractivity contribution in [3.8, 4) is 5.75 Å². The van der Waals surface area contributed by atoms with Gasteiger partial charge in [0.05, 0.1) is 6.61 Å². The van der Waals surface area contributed by atoms with Gasteiger partial charge in [0.1, 0.15) is 11.4 Å². The Labute approximate surface area is 126 Å². The molecular formula is C17H25NO3. The van der Waals surface area contributed by atoms with E-state index in [1.165, 1.54) is 0 Å². The molecule has 0 spiro atoms. The fourth-order valence-electron chi connectivity index (χ4n) is 2.61. The number of hydrogen-bond acceptors (Lipinski definition) is 3. The van der Waals surface area contributed by atoms with Gasteiger partial charge in [-0.2, -0.15) is 0 Å². The average Bonchev–Trinajstić information content (AvgIpc) is 2.96. The second-order valence-corrected chi connectivity index (χ2v) is 6.09. The molecule has 0 heterocycles. The quantitative estimate of drug-likeness (QED) is 0.871. The molecule has 4 heteroatoms. The van der Waals surface area contributed by atoms with E-state index in [1.807, 2.05) is 24.3 Å². The predicted octanol–water partition coefficient (Wildman–Crippen LogP) is 3.62. The van der Waals surface area contributed by atoms with Crippen molar-refractivity contribution in [3.63, 3.8) is 0 Å². The van der Waals surface area contributed by atoms with Gasteiger partial charge in [-0.25, -0.2) is 0 Å². The molecular weight excluding hydrogens is 266 g/mol. The third-order valence-corrected chi connectivity index (χ3v) is 3.91. The molecule has 0 bridgehead atoms. The lowest BCUT2D eigenvalue weighted by Crippen LogP contribution is -2.42. The summed E-state index contributed by atoms with van der Waals surface area (Å²) < 4.78 is 11.1. The molecule has 0 unspecified atom stereocenters. The van der Waals surface area contributed by atoms with E-state index in [1.54, 1.807) is 7.11 Å². The smallest absolute Gasteiger partial charge is 0.256 e. The van der Waals surface area contributed by atoms with Crippen molar-refractivity contribution in [1.29, 1.82) is 0 Å². The lowest BCUT2D eigenvalue weighted by atomic mass is 10.0. The normalized spacial score (nSPS) is 17.0. The maximum atomic E-state index is 12.4. The molecule has 1 aromatic carbocycles. The van der Waals surface area contributed by atoms with E-state index in [0.717, 1.165) is 37.1 Å². The van der Waals surface area contributed by atoms with E-state index in [-0.39, 0.29) is 5.91 Å². The number of amides is 1. The maximum absolute atomic E-state index is 12.4. The van der Waals surface area contributed by atoms with Crippen molar-refractivity contribution in [2.45, 2.75) is 45.1 Å². The lowest BCUT2D eigenvalue weighted by Gasteiger charge is -2.25. The zero-order valence-electron chi connectivity index (χ0n) is 13.1. The summed E-state index contributed by atoms with van der Waals surface area (Å²) in [5.41, 5.74) is 0.132. The number of hydrogen-bond donors (Lipinski definition) is 1. The van der Waals surface area contributed by atoms with E-state index in [4.69, 9.17) is 9.47 Å². The minimum Gasteiger partial charge on any atom is -0.493 e. The van der Waals surface area contributed by atoms with Crippen molar-refractivity contribution in [3.05, 3.63) is 24.3 Å². The van der Waals surface area contributed by atoms with Gasteiger partial charge in [-0.3, -0.25) is 4.79 Å². The second-order valence-electron chi connectivity index (χ2n) is 6.09. The first-order chi connectivity index (χ1) is 10.1. The molecule has 4 nitrogen and oxygen atoms in total. The largest absolute Gasteiger partial charge is 0.493 e. The SMILES string of the molecule is COC1(C(=O)Nc2ccc(OCC(C)C)cc2)CCCC1. The molecule has 0 saturated heterocycles. The fourth-order valence-corrected chi connectivity index (χ4v) is 2.61. The molecule has 0 radical (unpaired) electrons. The van der Waals surface area contributed by atoms with Crippen molar-refractivity contribution in [2.75, 3.05) is 19.0 Å². The predicted molar refractivity (Wildman–Crippen MR) is 83.6 cm³/mol. The molecule has 1 aromatic rings. The number of rotatable bonds is 6. The molecule has 1 N–H and O–H groups in total. The molecule has 1 saturated carbocycles. The number of carbonyl (C=O) groups is 1. The van der Waals surface area contributed by atoms with Crippen LogP contribution in [0, 0.1) is 5.92 Å². The molecule has 1 fully saturated rings. The standard InChI is InChI=1S/C17H25NO3/c1-13(2)12-21-15-8-6-14(7-9-15)18-16(19)17(20-3)10-4-5-11-17/h6-9,13H,4-5,10-12H2,1-3H3,(H,18,19). The van der Waals surface area contributed by atoms with Crippen LogP contribution in [-0.2, 0) is 9.53 Å². The molecule has 0 aliphatic heterocycles. The Kier molecular flexibility index (Phi) is 5.23. The van der Waals surface area contributed by atoms with Crippen LogP contribution in [-0.4, -0.2) is 25.2 Å². The minimum atomic E-state index is -0.646. The summed E-state index contributed by atoms with van der Waals surface area (Å²) >= 11 is 0. The number of ether oxygens (including phenoxy) is 2. The first-order valence-corrected chi connectivity index (χ1v) is 7.65. The Morgan fingerprint density at radius 3 is 2.38 bits per heavy atom. The van der Waals surface area contributed by atoms with E-state index in [9.17, 15) is 4.79 Å². The number of anilines is 1. The molecule has 0 aromatic heterocycles. The van der Waals surface area contributed by atoms with Gasteiger partial charge in [-0.05, 0) is 55.9 Å². The van der Waals surface area contributed by atoms with Crippen LogP contribution in [0.15, 0.2) is 24.3 Å². The summed E-state index contributed by atoms with van der Waals surface area (Å²) in [6, 6.07) is 7.50. The van der Waals surface area contributed by atoms with Crippen LogP contribution in [0.1, 0.15) is 39.5 Å². The first kappa shape index (κ1) is 15.8. The van der Waals surface area contributed by atoms with Gasteiger partial charge in [0.25, 0.3) is 5.91 Å². The van der Waals surface area contributed by atoms with Crippen molar-refractivity contribution in [2.24, 2.45) is 5.92 Å². The highest BCUT2D eigenvalue weighted by Crippen LogP contribution is 2.33. The Hall–Kier alpha value is -1.55. The summed E-state index contributed by atoms with van der Waals surface area (Å²) in [5.74, 6) is 1.27. The maximum Gasteiger partial charge on any atom is 0.256 e. The van der Waals surface area contributed by atoms with Crippen LogP contribution in [0.4, 0.5) is 5.69 Å². The van der Waals surface area contributed by atoms with Crippen molar-refractivity contribution >= 4 is 11.6 Å². The first-order valence-electron chi connectivity index (χ1n) is 7.65. The van der Waals surface area contributed by atoms with Gasteiger partial charge in [0.15, 0.2) is 0 Å². The zero-order chi connectivity index (χ0) is 15.3. The van der Waals surface area contributed by atoms with E-state index in [2.05, 4.69) is 19.2 Å². The van der Waals surface area contributed by atoms with Crippen LogP contribution in [0.25, 0.3) is 0 Å². The molecule has 1 aliphatic rings. The lowest BCUT2D eigenvalue weighted by molar-refractivity contribution is -0.136. The van der Waals surface area contributed by atoms with Crippen LogP contribution < -0.4 is 10.1 Å². The highest BCUT2D eigenvalue weighted by Gasteiger charge is 2.41. The van der Waals surface area contributed by atoms with Crippen LogP contribution in [0.5, 0.6) is 5.75 Å². The Morgan fingerprint density at radius 2 is 1.86 bits per heavy atom. The van der Waals surface area contributed by atoms with Gasteiger partial charge >= 0.3 is 0 Å². The van der Waals surface area contributed by atoms with Crippen LogP contribution >= 0.6 is 0 Å². The topological polar surface area (TPSA) is 47.6 Å². The third kappa shape index (κ3) is 3.97. The van der Waals surface area contributed by atoms with Gasteiger partial charge in [-0.1, -0.05) is 13.8 Å². The van der Waals surface area contributed by atoms with E-state index in [0.29, 0.717) is 12.5 Å². The molecule has 1 aliphatic carbocycles. The second kappa shape index (κ2) is 6.94. The van der Waals surface area contributed by atoms with E-state index < -0.39 is 5.60 Å². The summed E-state index contributed by atoms with van der Waals surface area (Å²) in [7, 11) is 1.62. The highest BCUT2D eigenvalue weighted by atomic mass is 16.5. The number of methoxy groups -OCH3 is 1. The monoisotopic (exact) mass is 291 g/mol. The number of nitrogens with one attached hydrogen (secondary N) is 1. The Morgan fingerprint density at radius 1 is 1.24 bits per heavy atom. The van der Waals surface area contributed by atoms with Gasteiger partial charge < -0.3 is 14.8 Å². The minimum absolute atomic E-state index is 0.0432. The summed E-state index contributed by atoms with van der Waals surface area (Å²) in [4.78, 5) is 12.4. The number of carbonyl (C=O) groups excluding carboxylic acids is 1. The Bertz CT molecular complexity index is 461. The summed E-state index contributed by atoms with van der Waals surface area (Å²) in [6.07, 6.45) is 3.68. The molecule has 1 amide bonds. The fraction of sp³-hybridized carbons (Fsp3) is 0.588. The Balaban J connectivity index is 1.95. The van der Waals surface area contributed by atoms with Gasteiger partial charge in [0, 0.05) is 12.8 Å². The molecule has 21 heavy (non-hydrogen) atoms. The van der Waals surface area contributed by atoms with E-state index >= 15 is 0 Å². The number of benzene rings is 1. The van der Waals surface area contributed by atoms with Gasteiger partial charge in [0.2, 0.25) is 0 Å². The van der Waals surface area contributed by atoms with Crippen LogP contribution in [0.3, 0.4) is 0 Å². The third-order valence-electron chi connectivity index (χ3n) is 3.91. The van der Waals surface area contributed by atoms with Gasteiger partial charge in [-0.15, -0.1) is 0 Å². The summed E-state index contributed by atoms with van der Waals surface area (Å²) in [5, 5.41) is 2.95. The van der Waals surface area contributed by atoms with Crippen LogP contribution in [0.2, 0.25) is 0 Å². The molecule has 116 valence electrons. The zero-order valence-corrected chi connectivity index (χ0v) is 13.1. The average molecular weight is 291 g/mol. The highest BCUT2D eigenvalue weighted by molar-refractivity contribution is 5.97. The van der Waals surface area contributed by atoms with Crippen molar-refractivity contribution < 1.29 is 14.3 Å². The molecule has 2 rings (SSSR count).